The van der Waals surface area contributed by atoms with Crippen molar-refractivity contribution >= 4 is 5.91 Å². The quantitative estimate of drug-likeness (QED) is 0.799. The topological polar surface area (TPSA) is 63.5 Å². The molecule has 5 heteroatoms. The van der Waals surface area contributed by atoms with Crippen molar-refractivity contribution in [3.05, 3.63) is 54.0 Å². The monoisotopic (exact) mass is 356 g/mol. The largest absolute Gasteiger partial charge is 0.477 e. The van der Waals surface area contributed by atoms with Gasteiger partial charge in [-0.1, -0.05) is 17.7 Å². The third-order valence-electron chi connectivity index (χ3n) is 4.94. The lowest BCUT2D eigenvalue weighted by atomic mass is 9.90. The Balaban J connectivity index is 1.63. The van der Waals surface area contributed by atoms with E-state index in [1.807, 2.05) is 50.2 Å². The Labute approximate surface area is 155 Å². The van der Waals surface area contributed by atoms with E-state index in [9.17, 15) is 4.79 Å². The van der Waals surface area contributed by atoms with E-state index in [1.165, 1.54) is 5.56 Å². The molecule has 1 aromatic heterocycles. The van der Waals surface area contributed by atoms with Gasteiger partial charge in [0, 0.05) is 25.3 Å². The third kappa shape index (κ3) is 4.67. The molecule has 1 aliphatic rings. The van der Waals surface area contributed by atoms with Crippen molar-refractivity contribution in [2.24, 2.45) is 0 Å². The van der Waals surface area contributed by atoms with Gasteiger partial charge in [-0.25, -0.2) is 0 Å². The predicted molar refractivity (Wildman–Crippen MR) is 101 cm³/mol. The Morgan fingerprint density at radius 1 is 1.27 bits per heavy atom. The molecule has 1 fully saturated rings. The summed E-state index contributed by atoms with van der Waals surface area (Å²) >= 11 is 0. The molecule has 1 aromatic carbocycles. The van der Waals surface area contributed by atoms with Crippen molar-refractivity contribution in [3.63, 3.8) is 0 Å². The van der Waals surface area contributed by atoms with Crippen LogP contribution in [0.2, 0.25) is 0 Å². The molecule has 2 heterocycles. The summed E-state index contributed by atoms with van der Waals surface area (Å²) in [5, 5.41) is 6.47. The highest BCUT2D eigenvalue weighted by molar-refractivity contribution is 5.86. The lowest BCUT2D eigenvalue weighted by molar-refractivity contribution is -0.140. The molecule has 0 bridgehead atoms. The zero-order valence-corrected chi connectivity index (χ0v) is 15.6. The fourth-order valence-electron chi connectivity index (χ4n) is 3.28. The Morgan fingerprint density at radius 3 is 2.65 bits per heavy atom. The number of carbonyl (C=O) groups is 1. The van der Waals surface area contributed by atoms with Crippen LogP contribution < -0.4 is 15.4 Å². The van der Waals surface area contributed by atoms with Crippen LogP contribution in [0, 0.1) is 6.92 Å². The highest BCUT2D eigenvalue weighted by Crippen LogP contribution is 2.27. The molecule has 1 atom stereocenters. The number of hydrogen-bond donors (Lipinski definition) is 2. The molecule has 0 unspecified atom stereocenters. The van der Waals surface area contributed by atoms with Crippen LogP contribution in [0.15, 0.2) is 47.1 Å². The summed E-state index contributed by atoms with van der Waals surface area (Å²) in [7, 11) is 0. The maximum absolute atomic E-state index is 13.1. The Morgan fingerprint density at radius 2 is 2.00 bits per heavy atom. The van der Waals surface area contributed by atoms with Crippen molar-refractivity contribution in [1.82, 2.24) is 10.6 Å². The summed E-state index contributed by atoms with van der Waals surface area (Å²) in [6, 6.07) is 11.8. The van der Waals surface area contributed by atoms with Crippen LogP contribution in [-0.4, -0.2) is 30.6 Å². The third-order valence-corrected chi connectivity index (χ3v) is 4.94. The Hall–Kier alpha value is -2.27. The number of rotatable bonds is 7. The van der Waals surface area contributed by atoms with E-state index in [0.29, 0.717) is 12.8 Å². The summed E-state index contributed by atoms with van der Waals surface area (Å²) in [5.74, 6) is 1.67. The first kappa shape index (κ1) is 18.5. The number of furan rings is 1. The first-order chi connectivity index (χ1) is 12.6. The number of carbonyl (C=O) groups excluding carboxylic acids is 1. The first-order valence-electron chi connectivity index (χ1n) is 9.37. The van der Waals surface area contributed by atoms with Gasteiger partial charge in [0.15, 0.2) is 5.60 Å². The zero-order valence-electron chi connectivity index (χ0n) is 15.6. The second-order valence-corrected chi connectivity index (χ2v) is 7.15. The van der Waals surface area contributed by atoms with Crippen molar-refractivity contribution in [2.45, 2.75) is 51.2 Å². The molecule has 0 spiro atoms. The van der Waals surface area contributed by atoms with Crippen LogP contribution >= 0.6 is 0 Å². The fraction of sp³-hybridized carbons (Fsp3) is 0.476. The van der Waals surface area contributed by atoms with Crippen LogP contribution in [0.25, 0.3) is 0 Å². The summed E-state index contributed by atoms with van der Waals surface area (Å²) < 4.78 is 11.6. The number of nitrogens with one attached hydrogen (secondary N) is 2. The van der Waals surface area contributed by atoms with Crippen LogP contribution in [0.4, 0.5) is 0 Å². The molecule has 1 amide bonds. The van der Waals surface area contributed by atoms with Crippen molar-refractivity contribution in [2.75, 3.05) is 13.1 Å². The minimum absolute atomic E-state index is 0.0217. The van der Waals surface area contributed by atoms with Gasteiger partial charge in [0.05, 0.1) is 6.26 Å². The molecule has 0 saturated carbocycles. The average Bonchev–Trinajstić information content (AvgIpc) is 3.16. The van der Waals surface area contributed by atoms with E-state index < -0.39 is 5.60 Å². The molecule has 5 nitrogen and oxygen atoms in total. The van der Waals surface area contributed by atoms with Crippen LogP contribution in [-0.2, 0) is 11.2 Å². The first-order valence-corrected chi connectivity index (χ1v) is 9.37. The molecule has 0 aliphatic carbocycles. The molecule has 140 valence electrons. The van der Waals surface area contributed by atoms with Gasteiger partial charge >= 0.3 is 0 Å². The van der Waals surface area contributed by atoms with Gasteiger partial charge in [-0.2, -0.15) is 0 Å². The van der Waals surface area contributed by atoms with Gasteiger partial charge in [0.2, 0.25) is 0 Å². The van der Waals surface area contributed by atoms with Gasteiger partial charge in [0.25, 0.3) is 5.91 Å². The smallest absolute Gasteiger partial charge is 0.264 e. The van der Waals surface area contributed by atoms with Gasteiger partial charge in [-0.15, -0.1) is 0 Å². The van der Waals surface area contributed by atoms with E-state index in [0.717, 1.165) is 37.4 Å². The second kappa shape index (κ2) is 8.41. The molecule has 26 heavy (non-hydrogen) atoms. The lowest BCUT2D eigenvalue weighted by Crippen LogP contribution is -2.58. The standard InChI is InChI=1S/C21H28N2O3/c1-16-5-8-19(9-6-16)26-21(11-13-22-14-12-21)20(24)23-17(2)7-10-18-4-3-15-25-18/h3-6,8-9,15,17,22H,7,10-14H2,1-2H3,(H,23,24)/t17-/m1/s1. The van der Waals surface area contributed by atoms with Gasteiger partial charge in [-0.05, 0) is 57.6 Å². The number of amides is 1. The van der Waals surface area contributed by atoms with E-state index in [2.05, 4.69) is 10.6 Å². The molecule has 0 radical (unpaired) electrons. The number of piperidine rings is 1. The van der Waals surface area contributed by atoms with Gasteiger partial charge in [-0.3, -0.25) is 4.79 Å². The molecular weight excluding hydrogens is 328 g/mol. The van der Waals surface area contributed by atoms with E-state index >= 15 is 0 Å². The minimum Gasteiger partial charge on any atom is -0.477 e. The molecule has 2 aromatic rings. The SMILES string of the molecule is Cc1ccc(OC2(C(=O)N[C@H](C)CCc3ccco3)CCNCC2)cc1. The highest BCUT2D eigenvalue weighted by atomic mass is 16.5. The highest BCUT2D eigenvalue weighted by Gasteiger charge is 2.42. The molecular formula is C21H28N2O3. The van der Waals surface area contributed by atoms with Gasteiger partial charge in [0.1, 0.15) is 11.5 Å². The van der Waals surface area contributed by atoms with E-state index in [4.69, 9.17) is 9.15 Å². The number of aryl methyl sites for hydroxylation is 2. The zero-order chi connectivity index (χ0) is 18.4. The maximum Gasteiger partial charge on any atom is 0.264 e. The van der Waals surface area contributed by atoms with E-state index in [1.54, 1.807) is 6.26 Å². The fourth-order valence-corrected chi connectivity index (χ4v) is 3.28. The van der Waals surface area contributed by atoms with E-state index in [-0.39, 0.29) is 11.9 Å². The molecule has 2 N–H and O–H groups in total. The molecule has 3 rings (SSSR count). The normalized spacial score (nSPS) is 17.5. The summed E-state index contributed by atoms with van der Waals surface area (Å²) in [4.78, 5) is 13.1. The predicted octanol–water partition coefficient (Wildman–Crippen LogP) is 3.23. The van der Waals surface area contributed by atoms with Crippen molar-refractivity contribution in [3.8, 4) is 5.75 Å². The van der Waals surface area contributed by atoms with Crippen molar-refractivity contribution in [1.29, 1.82) is 0 Å². The molecule has 1 aliphatic heterocycles. The minimum atomic E-state index is -0.806. The van der Waals surface area contributed by atoms with Crippen molar-refractivity contribution < 1.29 is 13.9 Å². The van der Waals surface area contributed by atoms with Crippen LogP contribution in [0.3, 0.4) is 0 Å². The Bertz CT molecular complexity index is 689. The number of benzene rings is 1. The maximum atomic E-state index is 13.1. The average molecular weight is 356 g/mol. The number of hydrogen-bond acceptors (Lipinski definition) is 4. The van der Waals surface area contributed by atoms with Crippen LogP contribution in [0.5, 0.6) is 5.75 Å². The van der Waals surface area contributed by atoms with Crippen LogP contribution in [0.1, 0.15) is 37.5 Å². The summed E-state index contributed by atoms with van der Waals surface area (Å²) in [5.41, 5.74) is 0.368. The number of ether oxygens (including phenoxy) is 1. The second-order valence-electron chi connectivity index (χ2n) is 7.15. The lowest BCUT2D eigenvalue weighted by Gasteiger charge is -2.37. The molecule has 1 saturated heterocycles. The summed E-state index contributed by atoms with van der Waals surface area (Å²) in [6.07, 6.45) is 4.65. The summed E-state index contributed by atoms with van der Waals surface area (Å²) in [6.45, 7) is 5.62. The van der Waals surface area contributed by atoms with Gasteiger partial charge < -0.3 is 19.8 Å². The Kier molecular flexibility index (Phi) is 5.99.